The average molecular weight is 498 g/mol. The van der Waals surface area contributed by atoms with E-state index in [1.54, 1.807) is 50.4 Å². The molecule has 7 aromatic rings. The maximum absolute atomic E-state index is 14.2. The third kappa shape index (κ3) is 3.44. The Morgan fingerprint density at radius 1 is 0.658 bits per heavy atom. The molecule has 0 spiro atoms. The largest absolute Gasteiger partial charge is 0.338 e. The highest BCUT2D eigenvalue weighted by molar-refractivity contribution is 5.94. The summed E-state index contributed by atoms with van der Waals surface area (Å²) in [5.41, 5.74) is 4.88. The Morgan fingerprint density at radius 2 is 1.39 bits per heavy atom. The Bertz CT molecular complexity index is 2100. The molecule has 0 aliphatic carbocycles. The monoisotopic (exact) mass is 497 g/mol. The molecule has 0 atom stereocenters. The fourth-order valence-electron chi connectivity index (χ4n) is 4.90. The van der Waals surface area contributed by atoms with E-state index in [0.717, 1.165) is 11.3 Å². The number of aryl methyl sites for hydroxylation is 1. The molecule has 0 saturated heterocycles. The zero-order valence-corrected chi connectivity index (χ0v) is 20.1. The van der Waals surface area contributed by atoms with Crippen LogP contribution in [0.4, 0.5) is 0 Å². The zero-order valence-electron chi connectivity index (χ0n) is 23.1. The molecule has 0 fully saturated rings. The van der Waals surface area contributed by atoms with Gasteiger partial charge in [0.05, 0.1) is 39.1 Å². The lowest BCUT2D eigenvalue weighted by Gasteiger charge is -2.08. The van der Waals surface area contributed by atoms with Crippen molar-refractivity contribution in [2.75, 3.05) is 0 Å². The Labute approximate surface area is 222 Å². The Morgan fingerprint density at radius 3 is 2.16 bits per heavy atom. The minimum absolute atomic E-state index is 0.101. The summed E-state index contributed by atoms with van der Waals surface area (Å²) in [4.78, 5) is 27.6. The maximum atomic E-state index is 14.2. The standard InChI is InChI=1S/C31H22N6O/c1-21-34-26-19-28-29(20-27(26)35(21)30-15-6-8-17-33-30)37(31(38)36(28)23-11-3-2-4-12-23)24-13-9-10-22(18-24)25-14-5-7-16-32-25/h2-20H,1H3/i1D3. The van der Waals surface area contributed by atoms with Crippen LogP contribution < -0.4 is 5.69 Å². The molecule has 4 aromatic heterocycles. The van der Waals surface area contributed by atoms with Crippen molar-refractivity contribution in [2.45, 2.75) is 6.85 Å². The lowest BCUT2D eigenvalue weighted by molar-refractivity contribution is 0.930. The van der Waals surface area contributed by atoms with E-state index in [2.05, 4.69) is 15.0 Å². The Kier molecular flexibility index (Phi) is 4.31. The minimum atomic E-state index is -2.49. The summed E-state index contributed by atoms with van der Waals surface area (Å²) in [6.45, 7) is -2.49. The molecule has 7 heteroatoms. The number of imidazole rings is 2. The molecular weight excluding hydrogens is 472 g/mol. The smallest absolute Gasteiger partial charge is 0.280 e. The number of benzene rings is 3. The molecular formula is C31H22N6O. The second-order valence-corrected chi connectivity index (χ2v) is 8.84. The van der Waals surface area contributed by atoms with Gasteiger partial charge in [0.2, 0.25) is 0 Å². The lowest BCUT2D eigenvalue weighted by Crippen LogP contribution is -2.22. The molecule has 0 aliphatic rings. The van der Waals surface area contributed by atoms with E-state index in [0.29, 0.717) is 39.3 Å². The van der Waals surface area contributed by atoms with Crippen LogP contribution in [0.3, 0.4) is 0 Å². The molecule has 38 heavy (non-hydrogen) atoms. The maximum Gasteiger partial charge on any atom is 0.338 e. The first-order chi connectivity index (χ1) is 19.9. The van der Waals surface area contributed by atoms with Gasteiger partial charge >= 0.3 is 5.69 Å². The predicted molar refractivity (Wildman–Crippen MR) is 149 cm³/mol. The van der Waals surface area contributed by atoms with E-state index in [-0.39, 0.29) is 11.5 Å². The van der Waals surface area contributed by atoms with Gasteiger partial charge in [-0.1, -0.05) is 42.5 Å². The summed E-state index contributed by atoms with van der Waals surface area (Å²) in [5, 5.41) is 0. The van der Waals surface area contributed by atoms with Crippen molar-refractivity contribution < 1.29 is 4.11 Å². The van der Waals surface area contributed by atoms with Crippen LogP contribution in [0.25, 0.3) is 50.5 Å². The van der Waals surface area contributed by atoms with E-state index in [4.69, 9.17) is 4.11 Å². The van der Waals surface area contributed by atoms with Crippen LogP contribution in [0.5, 0.6) is 0 Å². The third-order valence-corrected chi connectivity index (χ3v) is 6.57. The number of fused-ring (bicyclic) bond motifs is 2. The molecule has 0 saturated carbocycles. The number of hydrogen-bond donors (Lipinski definition) is 0. The van der Waals surface area contributed by atoms with Gasteiger partial charge in [-0.25, -0.2) is 14.8 Å². The first-order valence-electron chi connectivity index (χ1n) is 13.6. The van der Waals surface area contributed by atoms with E-state index < -0.39 is 6.85 Å². The molecule has 7 rings (SSSR count). The topological polar surface area (TPSA) is 70.5 Å². The summed E-state index contributed by atoms with van der Waals surface area (Å²) in [7, 11) is 0. The zero-order chi connectivity index (χ0) is 28.1. The van der Waals surface area contributed by atoms with Crippen LogP contribution in [-0.2, 0) is 0 Å². The number of rotatable bonds is 4. The van der Waals surface area contributed by atoms with Crippen LogP contribution in [0, 0.1) is 6.85 Å². The lowest BCUT2D eigenvalue weighted by atomic mass is 10.1. The summed E-state index contributed by atoms with van der Waals surface area (Å²) in [5.74, 6) is 0.324. The minimum Gasteiger partial charge on any atom is -0.280 e. The fourth-order valence-corrected chi connectivity index (χ4v) is 4.90. The van der Waals surface area contributed by atoms with Gasteiger partial charge in [0.25, 0.3) is 0 Å². The van der Waals surface area contributed by atoms with Gasteiger partial charge < -0.3 is 0 Å². The van der Waals surface area contributed by atoms with Crippen molar-refractivity contribution in [1.29, 1.82) is 0 Å². The Hall–Kier alpha value is -5.30. The van der Waals surface area contributed by atoms with Gasteiger partial charge in [0.1, 0.15) is 11.6 Å². The molecule has 0 aliphatic heterocycles. The van der Waals surface area contributed by atoms with Gasteiger partial charge in [-0.2, -0.15) is 0 Å². The second kappa shape index (κ2) is 8.67. The highest BCUT2D eigenvalue weighted by Gasteiger charge is 2.20. The summed E-state index contributed by atoms with van der Waals surface area (Å²) >= 11 is 0. The van der Waals surface area contributed by atoms with Gasteiger partial charge in [0.15, 0.2) is 0 Å². The van der Waals surface area contributed by atoms with Crippen LogP contribution in [0.1, 0.15) is 9.94 Å². The van der Waals surface area contributed by atoms with E-state index in [9.17, 15) is 4.79 Å². The average Bonchev–Trinajstić information content (AvgIpc) is 3.51. The van der Waals surface area contributed by atoms with Crippen LogP contribution in [-0.4, -0.2) is 28.7 Å². The van der Waals surface area contributed by atoms with Crippen molar-refractivity contribution in [3.63, 3.8) is 0 Å². The summed E-state index contributed by atoms with van der Waals surface area (Å²) < 4.78 is 29.4. The first kappa shape index (κ1) is 18.9. The number of hydrogen-bond acceptors (Lipinski definition) is 4. The van der Waals surface area contributed by atoms with E-state index >= 15 is 0 Å². The molecule has 0 N–H and O–H groups in total. The third-order valence-electron chi connectivity index (χ3n) is 6.57. The number of aromatic nitrogens is 6. The molecule has 4 heterocycles. The predicted octanol–water partition coefficient (Wildman–Crippen LogP) is 5.89. The quantitative estimate of drug-likeness (QED) is 0.304. The van der Waals surface area contributed by atoms with E-state index in [1.807, 2.05) is 78.9 Å². The van der Waals surface area contributed by atoms with Crippen molar-refractivity contribution in [1.82, 2.24) is 28.7 Å². The number of pyridine rings is 2. The van der Waals surface area contributed by atoms with Crippen LogP contribution in [0.15, 0.2) is 120 Å². The van der Waals surface area contributed by atoms with Crippen LogP contribution in [0.2, 0.25) is 0 Å². The number of para-hydroxylation sites is 1. The van der Waals surface area contributed by atoms with Gasteiger partial charge in [-0.05, 0) is 67.5 Å². The van der Waals surface area contributed by atoms with Gasteiger partial charge in [-0.3, -0.25) is 18.7 Å². The van der Waals surface area contributed by atoms with Crippen molar-refractivity contribution in [3.8, 4) is 28.5 Å². The second-order valence-electron chi connectivity index (χ2n) is 8.84. The van der Waals surface area contributed by atoms with Gasteiger partial charge in [-0.15, -0.1) is 0 Å². The first-order valence-corrected chi connectivity index (χ1v) is 12.1. The number of nitrogens with zero attached hydrogens (tertiary/aromatic N) is 6. The fraction of sp³-hybridized carbons (Fsp3) is 0.0323. The molecule has 3 aromatic carbocycles. The summed E-state index contributed by atoms with van der Waals surface area (Å²) in [6.07, 6.45) is 3.33. The van der Waals surface area contributed by atoms with Crippen LogP contribution >= 0.6 is 0 Å². The summed E-state index contributed by atoms with van der Waals surface area (Å²) in [6, 6.07) is 31.6. The van der Waals surface area contributed by atoms with Crippen molar-refractivity contribution >= 4 is 22.1 Å². The highest BCUT2D eigenvalue weighted by Crippen LogP contribution is 2.29. The molecule has 182 valence electrons. The molecule has 7 nitrogen and oxygen atoms in total. The Balaban J connectivity index is 1.58. The van der Waals surface area contributed by atoms with Crippen molar-refractivity contribution in [2.24, 2.45) is 0 Å². The van der Waals surface area contributed by atoms with Crippen molar-refractivity contribution in [3.05, 3.63) is 132 Å². The van der Waals surface area contributed by atoms with E-state index in [1.165, 1.54) is 0 Å². The molecule has 0 radical (unpaired) electrons. The molecule has 0 amide bonds. The normalized spacial score (nSPS) is 12.9. The highest BCUT2D eigenvalue weighted by atomic mass is 16.1. The molecule has 0 unspecified atom stereocenters. The van der Waals surface area contributed by atoms with Gasteiger partial charge in [0, 0.05) is 22.1 Å². The SMILES string of the molecule is [2H]C([2H])([2H])c1nc2cc3c(cc2n1-c1ccccn1)n(-c1cccc(-c2ccccn2)c1)c(=O)n3-c1ccccc1. The molecule has 0 bridgehead atoms.